The highest BCUT2D eigenvalue weighted by atomic mass is 16.5. The first-order valence-electron chi connectivity index (χ1n) is 8.57. The lowest BCUT2D eigenvalue weighted by Gasteiger charge is -2.27. The van der Waals surface area contributed by atoms with Crippen LogP contribution in [-0.4, -0.2) is 33.4 Å². The molecule has 0 fully saturated rings. The maximum absolute atomic E-state index is 5.46. The lowest BCUT2D eigenvalue weighted by atomic mass is 10.1. The van der Waals surface area contributed by atoms with E-state index in [4.69, 9.17) is 18.9 Å². The Bertz CT molecular complexity index is 785. The number of benzene rings is 2. The van der Waals surface area contributed by atoms with E-state index in [1.54, 1.807) is 28.4 Å². The van der Waals surface area contributed by atoms with Crippen molar-refractivity contribution in [1.82, 2.24) is 15.8 Å². The Morgan fingerprint density at radius 3 is 2.33 bits per heavy atom. The molecule has 1 aliphatic heterocycles. The molecule has 1 aliphatic rings. The zero-order valence-corrected chi connectivity index (χ0v) is 16.0. The number of methoxy groups -OCH3 is 4. The number of nitrogens with zero attached hydrogens (tertiary/aromatic N) is 1. The van der Waals surface area contributed by atoms with Crippen LogP contribution in [0.4, 0.5) is 0 Å². The lowest BCUT2D eigenvalue weighted by Crippen LogP contribution is -2.37. The number of rotatable bonds is 8. The van der Waals surface area contributed by atoms with Crippen LogP contribution in [0, 0.1) is 0 Å². The molecular weight excluding hydrogens is 346 g/mol. The first-order valence-corrected chi connectivity index (χ1v) is 8.57. The molecule has 7 nitrogen and oxygen atoms in total. The van der Waals surface area contributed by atoms with Crippen molar-refractivity contribution in [3.63, 3.8) is 0 Å². The summed E-state index contributed by atoms with van der Waals surface area (Å²) in [7, 11) is 6.48. The van der Waals surface area contributed by atoms with Crippen molar-refractivity contribution in [2.75, 3.05) is 28.4 Å². The molecule has 0 saturated carbocycles. The molecule has 27 heavy (non-hydrogen) atoms. The molecule has 1 unspecified atom stereocenters. The first kappa shape index (κ1) is 18.7. The van der Waals surface area contributed by atoms with Gasteiger partial charge in [0.15, 0.2) is 11.5 Å². The summed E-state index contributed by atoms with van der Waals surface area (Å²) in [6, 6.07) is 11.8. The zero-order valence-electron chi connectivity index (χ0n) is 16.0. The highest BCUT2D eigenvalue weighted by Crippen LogP contribution is 2.40. The van der Waals surface area contributed by atoms with Crippen molar-refractivity contribution < 1.29 is 18.9 Å². The Hall–Kier alpha value is -3.06. The summed E-state index contributed by atoms with van der Waals surface area (Å²) >= 11 is 0. The number of hydrogen-bond acceptors (Lipinski definition) is 7. The van der Waals surface area contributed by atoms with Gasteiger partial charge >= 0.3 is 0 Å². The van der Waals surface area contributed by atoms with Gasteiger partial charge in [-0.05, 0) is 29.8 Å². The second-order valence-corrected chi connectivity index (χ2v) is 5.94. The molecule has 3 rings (SSSR count). The average Bonchev–Trinajstić information content (AvgIpc) is 3.19. The molecule has 0 aliphatic carbocycles. The van der Waals surface area contributed by atoms with Crippen molar-refractivity contribution >= 4 is 0 Å². The van der Waals surface area contributed by atoms with Crippen molar-refractivity contribution in [2.45, 2.75) is 12.7 Å². The Balaban J connectivity index is 1.78. The van der Waals surface area contributed by atoms with Gasteiger partial charge in [0, 0.05) is 24.5 Å². The van der Waals surface area contributed by atoms with Crippen molar-refractivity contribution in [2.24, 2.45) is 0 Å². The minimum atomic E-state index is -0.107. The third kappa shape index (κ3) is 4.03. The fourth-order valence-corrected chi connectivity index (χ4v) is 3.01. The molecule has 0 spiro atoms. The quantitative estimate of drug-likeness (QED) is 0.740. The second kappa shape index (κ2) is 8.55. The Morgan fingerprint density at radius 2 is 1.70 bits per heavy atom. The van der Waals surface area contributed by atoms with Gasteiger partial charge in [-0.3, -0.25) is 5.01 Å². The normalized spacial score (nSPS) is 15.4. The monoisotopic (exact) mass is 371 g/mol. The predicted molar refractivity (Wildman–Crippen MR) is 103 cm³/mol. The summed E-state index contributed by atoms with van der Waals surface area (Å²) in [5.41, 5.74) is 5.52. The highest BCUT2D eigenvalue weighted by molar-refractivity contribution is 5.54. The minimum Gasteiger partial charge on any atom is -0.497 e. The van der Waals surface area contributed by atoms with Crippen molar-refractivity contribution in [3.8, 4) is 23.0 Å². The van der Waals surface area contributed by atoms with Crippen LogP contribution in [0.15, 0.2) is 48.8 Å². The average molecular weight is 371 g/mol. The summed E-state index contributed by atoms with van der Waals surface area (Å²) in [6.45, 7) is 0.657. The summed E-state index contributed by atoms with van der Waals surface area (Å²) in [4.78, 5) is 0. The molecule has 2 N–H and O–H groups in total. The van der Waals surface area contributed by atoms with E-state index in [1.165, 1.54) is 0 Å². The van der Waals surface area contributed by atoms with E-state index in [0.717, 1.165) is 16.9 Å². The molecule has 144 valence electrons. The standard InChI is InChI=1S/C20H25N3O4/c1-24-16-7-5-6-14(10-16)13-22-23-9-8-21-20(23)15-11-17(25-2)19(27-4)18(12-15)26-3/h5-12,20-22H,13H2,1-4H3. The SMILES string of the molecule is COc1cccc(CNN2C=CNC2c2cc(OC)c(OC)c(OC)c2)c1. The van der Waals surface area contributed by atoms with E-state index in [2.05, 4.69) is 16.8 Å². The summed E-state index contributed by atoms with van der Waals surface area (Å²) in [5.74, 6) is 2.65. The van der Waals surface area contributed by atoms with Crippen LogP contribution in [-0.2, 0) is 6.54 Å². The van der Waals surface area contributed by atoms with Gasteiger partial charge in [0.25, 0.3) is 0 Å². The smallest absolute Gasteiger partial charge is 0.203 e. The van der Waals surface area contributed by atoms with Gasteiger partial charge in [0.2, 0.25) is 5.75 Å². The van der Waals surface area contributed by atoms with Crippen LogP contribution in [0.1, 0.15) is 17.3 Å². The van der Waals surface area contributed by atoms with E-state index in [-0.39, 0.29) is 6.17 Å². The van der Waals surface area contributed by atoms with Gasteiger partial charge in [-0.2, -0.15) is 0 Å². The molecule has 0 saturated heterocycles. The molecule has 1 heterocycles. The van der Waals surface area contributed by atoms with Crippen LogP contribution >= 0.6 is 0 Å². The molecule has 0 radical (unpaired) electrons. The van der Waals surface area contributed by atoms with Gasteiger partial charge in [-0.25, -0.2) is 5.43 Å². The zero-order chi connectivity index (χ0) is 19.2. The number of nitrogens with one attached hydrogen (secondary N) is 2. The van der Waals surface area contributed by atoms with Crippen LogP contribution < -0.4 is 29.7 Å². The van der Waals surface area contributed by atoms with E-state index in [1.807, 2.05) is 47.7 Å². The maximum atomic E-state index is 5.46. The lowest BCUT2D eigenvalue weighted by molar-refractivity contribution is 0.195. The summed E-state index contributed by atoms with van der Waals surface area (Å²) in [5, 5.41) is 5.33. The molecule has 7 heteroatoms. The Morgan fingerprint density at radius 1 is 0.963 bits per heavy atom. The van der Waals surface area contributed by atoms with Crippen LogP contribution in [0.5, 0.6) is 23.0 Å². The van der Waals surface area contributed by atoms with Crippen molar-refractivity contribution in [3.05, 3.63) is 59.9 Å². The highest BCUT2D eigenvalue weighted by Gasteiger charge is 2.24. The largest absolute Gasteiger partial charge is 0.497 e. The van der Waals surface area contributed by atoms with Gasteiger partial charge in [0.1, 0.15) is 11.9 Å². The molecule has 2 aromatic rings. The third-order valence-electron chi connectivity index (χ3n) is 4.37. The number of hydrazine groups is 1. The van der Waals surface area contributed by atoms with Gasteiger partial charge in [-0.1, -0.05) is 12.1 Å². The molecule has 1 atom stereocenters. The first-order chi connectivity index (χ1) is 13.2. The van der Waals surface area contributed by atoms with E-state index in [0.29, 0.717) is 23.8 Å². The molecule has 2 aromatic carbocycles. The molecule has 0 amide bonds. The van der Waals surface area contributed by atoms with Crippen LogP contribution in [0.2, 0.25) is 0 Å². The fraction of sp³-hybridized carbons (Fsp3) is 0.300. The topological polar surface area (TPSA) is 64.2 Å². The van der Waals surface area contributed by atoms with E-state index in [9.17, 15) is 0 Å². The summed E-state index contributed by atoms with van der Waals surface area (Å²) in [6.07, 6.45) is 3.74. The molecule has 0 bridgehead atoms. The number of ether oxygens (including phenoxy) is 4. The van der Waals surface area contributed by atoms with Gasteiger partial charge < -0.3 is 24.3 Å². The fourth-order valence-electron chi connectivity index (χ4n) is 3.01. The second-order valence-electron chi connectivity index (χ2n) is 5.94. The predicted octanol–water partition coefficient (Wildman–Crippen LogP) is 2.80. The summed E-state index contributed by atoms with van der Waals surface area (Å²) < 4.78 is 21.6. The van der Waals surface area contributed by atoms with E-state index >= 15 is 0 Å². The van der Waals surface area contributed by atoms with Crippen LogP contribution in [0.25, 0.3) is 0 Å². The Labute approximate surface area is 159 Å². The van der Waals surface area contributed by atoms with Crippen LogP contribution in [0.3, 0.4) is 0 Å². The van der Waals surface area contributed by atoms with E-state index < -0.39 is 0 Å². The minimum absolute atomic E-state index is 0.107. The van der Waals surface area contributed by atoms with Crippen molar-refractivity contribution in [1.29, 1.82) is 0 Å². The third-order valence-corrected chi connectivity index (χ3v) is 4.37. The van der Waals surface area contributed by atoms with Gasteiger partial charge in [0.05, 0.1) is 28.4 Å². The Kier molecular flexibility index (Phi) is 5.93. The molecule has 0 aromatic heterocycles. The number of hydrogen-bond donors (Lipinski definition) is 2. The maximum Gasteiger partial charge on any atom is 0.203 e. The van der Waals surface area contributed by atoms with Gasteiger partial charge in [-0.15, -0.1) is 0 Å². The molecular formula is C20H25N3O4.